The second-order valence-corrected chi connectivity index (χ2v) is 3.95. The van der Waals surface area contributed by atoms with E-state index in [0.29, 0.717) is 0 Å². The van der Waals surface area contributed by atoms with Crippen molar-refractivity contribution in [2.75, 3.05) is 0 Å². The Hall–Kier alpha value is 0.250. The molecular formula is C9H17ClO. The highest BCUT2D eigenvalue weighted by Crippen LogP contribution is 2.29. The Morgan fingerprint density at radius 2 is 1.45 bits per heavy atom. The van der Waals surface area contributed by atoms with Gasteiger partial charge in [0.2, 0.25) is 0 Å². The summed E-state index contributed by atoms with van der Waals surface area (Å²) in [6, 6.07) is 0. The van der Waals surface area contributed by atoms with Gasteiger partial charge in [0, 0.05) is 0 Å². The largest absolute Gasteiger partial charge is 0.273 e. The molecule has 1 saturated carbocycles. The molecule has 0 saturated heterocycles. The van der Waals surface area contributed by atoms with Crippen LogP contribution in [0.15, 0.2) is 0 Å². The van der Waals surface area contributed by atoms with E-state index in [9.17, 15) is 0 Å². The molecular weight excluding hydrogens is 160 g/mol. The fraction of sp³-hybridized carbons (Fsp3) is 1.00. The van der Waals surface area contributed by atoms with E-state index in [1.165, 1.54) is 32.1 Å². The Morgan fingerprint density at radius 3 is 1.91 bits per heavy atom. The van der Waals surface area contributed by atoms with E-state index in [0.717, 1.165) is 12.8 Å². The summed E-state index contributed by atoms with van der Waals surface area (Å²) in [5.74, 6) is 0. The fourth-order valence-corrected chi connectivity index (χ4v) is 1.88. The van der Waals surface area contributed by atoms with E-state index in [-0.39, 0.29) is 5.60 Å². The van der Waals surface area contributed by atoms with Gasteiger partial charge < -0.3 is 0 Å². The van der Waals surface area contributed by atoms with E-state index in [4.69, 9.17) is 16.2 Å². The lowest BCUT2D eigenvalue weighted by molar-refractivity contribution is 0.0711. The number of hydrogen-bond acceptors (Lipinski definition) is 1. The molecule has 2 heteroatoms. The molecule has 0 atom stereocenters. The molecule has 0 radical (unpaired) electrons. The van der Waals surface area contributed by atoms with Crippen LogP contribution in [0.25, 0.3) is 0 Å². The topological polar surface area (TPSA) is 9.23 Å². The average molecular weight is 177 g/mol. The first-order valence-corrected chi connectivity index (χ1v) is 4.87. The van der Waals surface area contributed by atoms with Gasteiger partial charge in [-0.3, -0.25) is 4.29 Å². The van der Waals surface area contributed by atoms with Crippen molar-refractivity contribution in [3.63, 3.8) is 0 Å². The molecule has 0 unspecified atom stereocenters. The highest BCUT2D eigenvalue weighted by molar-refractivity contribution is 6.07. The molecule has 0 aromatic rings. The van der Waals surface area contributed by atoms with Crippen LogP contribution in [0.4, 0.5) is 0 Å². The normalized spacial score (nSPS) is 25.6. The summed E-state index contributed by atoms with van der Waals surface area (Å²) in [5.41, 5.74) is -0.0397. The second kappa shape index (κ2) is 4.32. The van der Waals surface area contributed by atoms with E-state index in [2.05, 4.69) is 6.92 Å². The van der Waals surface area contributed by atoms with Gasteiger partial charge in [0.1, 0.15) is 0 Å². The summed E-state index contributed by atoms with van der Waals surface area (Å²) in [4.78, 5) is 0. The highest BCUT2D eigenvalue weighted by Gasteiger charge is 2.25. The van der Waals surface area contributed by atoms with Crippen molar-refractivity contribution in [3.05, 3.63) is 0 Å². The third kappa shape index (κ3) is 3.00. The Kier molecular flexibility index (Phi) is 3.67. The molecule has 0 aliphatic heterocycles. The predicted molar refractivity (Wildman–Crippen MR) is 47.7 cm³/mol. The van der Waals surface area contributed by atoms with Gasteiger partial charge >= 0.3 is 0 Å². The maximum absolute atomic E-state index is 5.45. The minimum Gasteiger partial charge on any atom is -0.273 e. The Labute approximate surface area is 74.2 Å². The maximum Gasteiger partial charge on any atom is 0.0869 e. The molecule has 0 heterocycles. The lowest BCUT2D eigenvalue weighted by Crippen LogP contribution is -2.25. The number of hydrogen-bond donors (Lipinski definition) is 0. The Morgan fingerprint density at radius 1 is 1.00 bits per heavy atom. The van der Waals surface area contributed by atoms with Crippen LogP contribution in [0.2, 0.25) is 0 Å². The van der Waals surface area contributed by atoms with E-state index in [1.54, 1.807) is 0 Å². The van der Waals surface area contributed by atoms with Crippen LogP contribution in [0.1, 0.15) is 51.9 Å². The molecule has 0 aromatic heterocycles. The van der Waals surface area contributed by atoms with Gasteiger partial charge in [-0.1, -0.05) is 32.1 Å². The summed E-state index contributed by atoms with van der Waals surface area (Å²) >= 11 is 5.45. The van der Waals surface area contributed by atoms with Crippen LogP contribution in [0, 0.1) is 0 Å². The van der Waals surface area contributed by atoms with Gasteiger partial charge in [0.15, 0.2) is 0 Å². The summed E-state index contributed by atoms with van der Waals surface area (Å²) in [6.07, 6.45) is 8.85. The van der Waals surface area contributed by atoms with Crippen molar-refractivity contribution in [1.29, 1.82) is 0 Å². The zero-order chi connectivity index (χ0) is 8.16. The third-order valence-electron chi connectivity index (χ3n) is 2.60. The molecule has 0 amide bonds. The summed E-state index contributed by atoms with van der Waals surface area (Å²) < 4.78 is 4.99. The first-order chi connectivity index (χ1) is 5.27. The van der Waals surface area contributed by atoms with Crippen molar-refractivity contribution < 1.29 is 4.29 Å². The van der Waals surface area contributed by atoms with E-state index < -0.39 is 0 Å². The minimum absolute atomic E-state index is 0.0397. The monoisotopic (exact) mass is 176 g/mol. The van der Waals surface area contributed by atoms with Crippen LogP contribution < -0.4 is 0 Å². The molecule has 0 bridgehead atoms. The van der Waals surface area contributed by atoms with Gasteiger partial charge in [0.25, 0.3) is 0 Å². The predicted octanol–water partition coefficient (Wildman–Crippen LogP) is 3.66. The number of rotatable bonds is 1. The molecule has 1 aliphatic carbocycles. The summed E-state index contributed by atoms with van der Waals surface area (Å²) in [5, 5.41) is 0. The lowest BCUT2D eigenvalue weighted by Gasteiger charge is -2.27. The fourth-order valence-electron chi connectivity index (χ4n) is 1.73. The van der Waals surface area contributed by atoms with Crippen LogP contribution in [-0.2, 0) is 4.29 Å². The van der Waals surface area contributed by atoms with Crippen molar-refractivity contribution in [1.82, 2.24) is 0 Å². The summed E-state index contributed by atoms with van der Waals surface area (Å²) in [6.45, 7) is 2.12. The van der Waals surface area contributed by atoms with Crippen molar-refractivity contribution >= 4 is 11.9 Å². The van der Waals surface area contributed by atoms with Crippen LogP contribution in [0.3, 0.4) is 0 Å². The Bertz CT molecular complexity index is 106. The summed E-state index contributed by atoms with van der Waals surface area (Å²) in [7, 11) is 0. The average Bonchev–Trinajstić information content (AvgIpc) is 1.98. The first kappa shape index (κ1) is 9.34. The highest BCUT2D eigenvalue weighted by atomic mass is 35.5. The lowest BCUT2D eigenvalue weighted by atomic mass is 9.89. The molecule has 0 spiro atoms. The van der Waals surface area contributed by atoms with Gasteiger partial charge in [0.05, 0.1) is 17.5 Å². The van der Waals surface area contributed by atoms with Gasteiger partial charge in [-0.25, -0.2) is 0 Å². The molecule has 0 aromatic carbocycles. The van der Waals surface area contributed by atoms with E-state index in [1.807, 2.05) is 0 Å². The molecule has 1 fully saturated rings. The van der Waals surface area contributed by atoms with Gasteiger partial charge in [-0.2, -0.15) is 0 Å². The smallest absolute Gasteiger partial charge is 0.0869 e. The Balaban J connectivity index is 2.37. The van der Waals surface area contributed by atoms with Crippen LogP contribution in [0.5, 0.6) is 0 Å². The molecule has 1 rings (SSSR count). The molecule has 66 valence electrons. The van der Waals surface area contributed by atoms with Crippen molar-refractivity contribution in [2.45, 2.75) is 57.5 Å². The first-order valence-electron chi connectivity index (χ1n) is 4.57. The molecule has 0 N–H and O–H groups in total. The molecule has 1 aliphatic rings. The SMILES string of the molecule is CC1(OCl)CCCCCCC1. The van der Waals surface area contributed by atoms with Crippen molar-refractivity contribution in [3.8, 4) is 0 Å². The van der Waals surface area contributed by atoms with Crippen LogP contribution >= 0.6 is 11.9 Å². The quantitative estimate of drug-likeness (QED) is 0.593. The standard InChI is InChI=1S/C9H17ClO/c1-9(11-10)7-5-3-2-4-6-8-9/h2-8H2,1H3. The van der Waals surface area contributed by atoms with Crippen LogP contribution in [-0.4, -0.2) is 5.60 Å². The molecule has 11 heavy (non-hydrogen) atoms. The minimum atomic E-state index is -0.0397. The zero-order valence-electron chi connectivity index (χ0n) is 7.24. The van der Waals surface area contributed by atoms with Gasteiger partial charge in [-0.05, 0) is 19.8 Å². The van der Waals surface area contributed by atoms with E-state index >= 15 is 0 Å². The molecule has 1 nitrogen and oxygen atoms in total. The number of halogens is 1. The van der Waals surface area contributed by atoms with Gasteiger partial charge in [-0.15, -0.1) is 0 Å². The maximum atomic E-state index is 5.45. The van der Waals surface area contributed by atoms with Crippen molar-refractivity contribution in [2.24, 2.45) is 0 Å². The third-order valence-corrected chi connectivity index (χ3v) is 2.97. The zero-order valence-corrected chi connectivity index (χ0v) is 7.99. The second-order valence-electron chi connectivity index (χ2n) is 3.79.